The van der Waals surface area contributed by atoms with Gasteiger partial charge in [-0.15, -0.1) is 0 Å². The van der Waals surface area contributed by atoms with Gasteiger partial charge in [-0.05, 0) is 43.7 Å². The van der Waals surface area contributed by atoms with Gasteiger partial charge in [-0.25, -0.2) is 0 Å². The number of ether oxygens (including phenoxy) is 1. The number of H-pyrrole nitrogens is 1. The van der Waals surface area contributed by atoms with E-state index in [0.717, 1.165) is 37.9 Å². The molecule has 1 saturated carbocycles. The smallest absolute Gasteiger partial charge is 0.222 e. The zero-order chi connectivity index (χ0) is 16.6. The molecule has 1 spiro atoms. The van der Waals surface area contributed by atoms with Gasteiger partial charge in [0.1, 0.15) is 0 Å². The molecule has 2 aromatic rings. The summed E-state index contributed by atoms with van der Waals surface area (Å²) in [5.74, 6) is 0.295. The van der Waals surface area contributed by atoms with Crippen molar-refractivity contribution in [2.24, 2.45) is 5.41 Å². The Morgan fingerprint density at radius 2 is 2.08 bits per heavy atom. The number of likely N-dealkylation sites (tertiary alicyclic amines) is 1. The second-order valence-electron chi connectivity index (χ2n) is 7.37. The lowest BCUT2D eigenvalue weighted by Crippen LogP contribution is -2.53. The fourth-order valence-electron chi connectivity index (χ4n) is 4.55. The predicted octanol–water partition coefficient (Wildman–Crippen LogP) is 3.52. The van der Waals surface area contributed by atoms with Crippen LogP contribution in [0.1, 0.15) is 37.7 Å². The highest BCUT2D eigenvalue weighted by Crippen LogP contribution is 2.50. The summed E-state index contributed by atoms with van der Waals surface area (Å²) in [7, 11) is 1.82. The molecule has 1 saturated heterocycles. The van der Waals surface area contributed by atoms with Crippen molar-refractivity contribution in [3.63, 3.8) is 0 Å². The number of rotatable bonds is 4. The number of benzene rings is 1. The maximum absolute atomic E-state index is 12.6. The number of hydrogen-bond acceptors (Lipinski definition) is 2. The minimum absolute atomic E-state index is 0.295. The van der Waals surface area contributed by atoms with E-state index in [2.05, 4.69) is 28.1 Å². The standard InChI is InChI=1S/C20H26N2O2/c1-24-18-8-9-20(18)10-12-22(13-11-20)19(23)7-6-15-14-21-17-5-3-2-4-16(15)17/h2-5,14,18,21H,6-13H2,1H3. The molecule has 4 rings (SSSR count). The Hall–Kier alpha value is -1.81. The molecule has 1 aliphatic carbocycles. The molecule has 1 atom stereocenters. The van der Waals surface area contributed by atoms with Crippen LogP contribution in [0.3, 0.4) is 0 Å². The van der Waals surface area contributed by atoms with Crippen molar-refractivity contribution in [3.05, 3.63) is 36.0 Å². The summed E-state index contributed by atoms with van der Waals surface area (Å²) >= 11 is 0. The van der Waals surface area contributed by atoms with Crippen molar-refractivity contribution >= 4 is 16.8 Å². The van der Waals surface area contributed by atoms with Crippen LogP contribution in [0.2, 0.25) is 0 Å². The van der Waals surface area contributed by atoms with Crippen LogP contribution in [0.15, 0.2) is 30.5 Å². The number of aryl methyl sites for hydroxylation is 1. The minimum Gasteiger partial charge on any atom is -0.381 e. The van der Waals surface area contributed by atoms with Crippen molar-refractivity contribution in [1.82, 2.24) is 9.88 Å². The molecule has 1 aromatic carbocycles. The van der Waals surface area contributed by atoms with Crippen LogP contribution >= 0.6 is 0 Å². The van der Waals surface area contributed by atoms with Gasteiger partial charge in [0.05, 0.1) is 6.10 Å². The number of carbonyl (C=O) groups excluding carboxylic acids is 1. The minimum atomic E-state index is 0.295. The molecule has 24 heavy (non-hydrogen) atoms. The Morgan fingerprint density at radius 3 is 2.79 bits per heavy atom. The summed E-state index contributed by atoms with van der Waals surface area (Å²) in [5, 5.41) is 1.24. The SMILES string of the molecule is COC1CCC12CCN(C(=O)CCc1c[nH]c3ccccc13)CC2. The molecular formula is C20H26N2O2. The third-order valence-electron chi connectivity index (χ3n) is 6.27. The van der Waals surface area contributed by atoms with E-state index in [1.807, 2.05) is 19.4 Å². The van der Waals surface area contributed by atoms with E-state index in [0.29, 0.717) is 23.8 Å². The lowest BCUT2D eigenvalue weighted by molar-refractivity contribution is -0.144. The van der Waals surface area contributed by atoms with Gasteiger partial charge in [-0.3, -0.25) is 4.79 Å². The molecule has 0 radical (unpaired) electrons. The molecule has 128 valence electrons. The number of piperidine rings is 1. The summed E-state index contributed by atoms with van der Waals surface area (Å²) in [6.45, 7) is 1.79. The first-order valence-corrected chi connectivity index (χ1v) is 9.07. The first-order chi connectivity index (χ1) is 11.7. The van der Waals surface area contributed by atoms with Crippen molar-refractivity contribution in [2.45, 2.75) is 44.6 Å². The molecule has 1 amide bonds. The molecule has 2 fully saturated rings. The molecule has 4 heteroatoms. The summed E-state index contributed by atoms with van der Waals surface area (Å²) in [6, 6.07) is 8.29. The number of methoxy groups -OCH3 is 1. The zero-order valence-corrected chi connectivity index (χ0v) is 14.4. The number of hydrogen-bond donors (Lipinski definition) is 1. The van der Waals surface area contributed by atoms with Crippen molar-refractivity contribution in [2.75, 3.05) is 20.2 Å². The maximum Gasteiger partial charge on any atom is 0.222 e. The highest BCUT2D eigenvalue weighted by atomic mass is 16.5. The number of aromatic nitrogens is 1. The summed E-state index contributed by atoms with van der Waals surface area (Å²) in [6.07, 6.45) is 8.53. The van der Waals surface area contributed by atoms with Crippen molar-refractivity contribution < 1.29 is 9.53 Å². The number of amides is 1. The maximum atomic E-state index is 12.6. The first-order valence-electron chi connectivity index (χ1n) is 9.07. The van der Waals surface area contributed by atoms with Gasteiger partial charge >= 0.3 is 0 Å². The Kier molecular flexibility index (Phi) is 4.09. The molecule has 4 nitrogen and oxygen atoms in total. The molecule has 2 aliphatic rings. The van der Waals surface area contributed by atoms with E-state index < -0.39 is 0 Å². The van der Waals surface area contributed by atoms with E-state index in [1.54, 1.807) is 0 Å². The molecule has 1 aliphatic heterocycles. The third kappa shape index (κ3) is 2.63. The first kappa shape index (κ1) is 15.7. The molecule has 1 unspecified atom stereocenters. The lowest BCUT2D eigenvalue weighted by atomic mass is 9.61. The number of carbonyl (C=O) groups is 1. The van der Waals surface area contributed by atoms with Crippen LogP contribution in [-0.2, 0) is 16.0 Å². The van der Waals surface area contributed by atoms with Crippen molar-refractivity contribution in [1.29, 1.82) is 0 Å². The Morgan fingerprint density at radius 1 is 1.29 bits per heavy atom. The van der Waals surface area contributed by atoms with E-state index in [9.17, 15) is 4.79 Å². The normalized spacial score (nSPS) is 22.7. The van der Waals surface area contributed by atoms with E-state index in [4.69, 9.17) is 4.74 Å². The Balaban J connectivity index is 1.33. The van der Waals surface area contributed by atoms with Crippen LogP contribution in [-0.4, -0.2) is 42.1 Å². The average molecular weight is 326 g/mol. The molecule has 1 aromatic heterocycles. The van der Waals surface area contributed by atoms with Gasteiger partial charge in [0.2, 0.25) is 5.91 Å². The van der Waals surface area contributed by atoms with Gasteiger partial charge in [-0.1, -0.05) is 18.2 Å². The summed E-state index contributed by atoms with van der Waals surface area (Å²) < 4.78 is 5.61. The third-order valence-corrected chi connectivity index (χ3v) is 6.27. The number of nitrogens with one attached hydrogen (secondary N) is 1. The van der Waals surface area contributed by atoms with Gasteiger partial charge < -0.3 is 14.6 Å². The number of para-hydroxylation sites is 1. The van der Waals surface area contributed by atoms with Crippen LogP contribution < -0.4 is 0 Å². The van der Waals surface area contributed by atoms with Gasteiger partial charge in [0.25, 0.3) is 0 Å². The van der Waals surface area contributed by atoms with Gasteiger partial charge in [-0.2, -0.15) is 0 Å². The monoisotopic (exact) mass is 326 g/mol. The van der Waals surface area contributed by atoms with Crippen LogP contribution in [0.4, 0.5) is 0 Å². The van der Waals surface area contributed by atoms with Crippen LogP contribution in [0.5, 0.6) is 0 Å². The fraction of sp³-hybridized carbons (Fsp3) is 0.550. The van der Waals surface area contributed by atoms with E-state index >= 15 is 0 Å². The molecule has 1 N–H and O–H groups in total. The van der Waals surface area contributed by atoms with Crippen molar-refractivity contribution in [3.8, 4) is 0 Å². The van der Waals surface area contributed by atoms with Crippen LogP contribution in [0, 0.1) is 5.41 Å². The van der Waals surface area contributed by atoms with E-state index in [1.165, 1.54) is 23.8 Å². The number of nitrogens with zero attached hydrogens (tertiary/aromatic N) is 1. The molecule has 0 bridgehead atoms. The molecular weight excluding hydrogens is 300 g/mol. The predicted molar refractivity (Wildman–Crippen MR) is 94.9 cm³/mol. The zero-order valence-electron chi connectivity index (χ0n) is 14.4. The lowest BCUT2D eigenvalue weighted by Gasteiger charge is -2.53. The Bertz CT molecular complexity index is 726. The quantitative estimate of drug-likeness (QED) is 0.934. The highest BCUT2D eigenvalue weighted by molar-refractivity contribution is 5.84. The van der Waals surface area contributed by atoms with Gasteiger partial charge in [0.15, 0.2) is 0 Å². The van der Waals surface area contributed by atoms with Crippen LogP contribution in [0.25, 0.3) is 10.9 Å². The molecule has 2 heterocycles. The Labute approximate surface area is 143 Å². The second kappa shape index (κ2) is 6.25. The summed E-state index contributed by atoms with van der Waals surface area (Å²) in [4.78, 5) is 17.9. The average Bonchev–Trinajstić information content (AvgIpc) is 3.02. The fourth-order valence-corrected chi connectivity index (χ4v) is 4.55. The second-order valence-corrected chi connectivity index (χ2v) is 7.37. The summed E-state index contributed by atoms with van der Waals surface area (Å²) in [5.41, 5.74) is 2.75. The van der Waals surface area contributed by atoms with Gasteiger partial charge in [0, 0.05) is 49.1 Å². The number of fused-ring (bicyclic) bond motifs is 1. The topological polar surface area (TPSA) is 45.3 Å². The number of aromatic amines is 1. The largest absolute Gasteiger partial charge is 0.381 e. The highest BCUT2D eigenvalue weighted by Gasteiger charge is 2.48. The van der Waals surface area contributed by atoms with E-state index in [-0.39, 0.29) is 0 Å².